The molecule has 2 aliphatic heterocycles. The molecule has 1 fully saturated rings. The third kappa shape index (κ3) is 4.47. The molecule has 148 valence electrons. The molecule has 1 N–H and O–H groups in total. The van der Waals surface area contributed by atoms with Gasteiger partial charge < -0.3 is 19.9 Å². The van der Waals surface area contributed by atoms with Crippen molar-refractivity contribution < 1.29 is 9.53 Å². The molecular formula is C23H29N3O2. The second-order valence-corrected chi connectivity index (χ2v) is 7.67. The number of hydrogen-bond acceptors (Lipinski definition) is 4. The zero-order valence-electron chi connectivity index (χ0n) is 16.6. The van der Waals surface area contributed by atoms with Crippen molar-refractivity contribution in [3.05, 3.63) is 53.6 Å². The summed E-state index contributed by atoms with van der Waals surface area (Å²) >= 11 is 0. The van der Waals surface area contributed by atoms with Gasteiger partial charge in [-0.05, 0) is 55.7 Å². The molecule has 5 nitrogen and oxygen atoms in total. The van der Waals surface area contributed by atoms with Gasteiger partial charge in [0.25, 0.3) is 0 Å². The molecule has 2 aromatic rings. The fourth-order valence-corrected chi connectivity index (χ4v) is 4.07. The summed E-state index contributed by atoms with van der Waals surface area (Å²) in [6.45, 7) is 7.31. The Morgan fingerprint density at radius 3 is 2.64 bits per heavy atom. The Morgan fingerprint density at radius 1 is 1.07 bits per heavy atom. The second kappa shape index (κ2) is 8.65. The molecule has 0 atom stereocenters. The molecule has 1 saturated heterocycles. The van der Waals surface area contributed by atoms with Crippen LogP contribution in [-0.4, -0.2) is 45.3 Å². The van der Waals surface area contributed by atoms with Crippen molar-refractivity contribution in [2.24, 2.45) is 0 Å². The first-order chi connectivity index (χ1) is 13.7. The lowest BCUT2D eigenvalue weighted by Crippen LogP contribution is -2.36. The van der Waals surface area contributed by atoms with Crippen LogP contribution in [0.2, 0.25) is 0 Å². The van der Waals surface area contributed by atoms with Crippen molar-refractivity contribution >= 4 is 23.0 Å². The van der Waals surface area contributed by atoms with Gasteiger partial charge in [0.2, 0.25) is 5.91 Å². The Morgan fingerprint density at radius 2 is 1.86 bits per heavy atom. The molecule has 0 radical (unpaired) electrons. The van der Waals surface area contributed by atoms with E-state index in [1.54, 1.807) is 0 Å². The van der Waals surface area contributed by atoms with E-state index in [-0.39, 0.29) is 5.91 Å². The molecule has 0 aliphatic carbocycles. The van der Waals surface area contributed by atoms with Gasteiger partial charge in [-0.2, -0.15) is 0 Å². The molecule has 0 aromatic heterocycles. The summed E-state index contributed by atoms with van der Waals surface area (Å²) in [4.78, 5) is 17.1. The minimum absolute atomic E-state index is 0.0679. The van der Waals surface area contributed by atoms with Crippen LogP contribution in [-0.2, 0) is 16.0 Å². The molecule has 0 saturated carbocycles. The van der Waals surface area contributed by atoms with Gasteiger partial charge in [-0.15, -0.1) is 0 Å². The minimum Gasteiger partial charge on any atom is -0.378 e. The lowest BCUT2D eigenvalue weighted by atomic mass is 9.99. The number of nitrogens with zero attached hydrogens (tertiary/aromatic N) is 2. The highest BCUT2D eigenvalue weighted by atomic mass is 16.5. The first kappa shape index (κ1) is 18.8. The molecule has 0 unspecified atom stereocenters. The molecule has 5 heteroatoms. The lowest BCUT2D eigenvalue weighted by Gasteiger charge is -2.31. The third-order valence-corrected chi connectivity index (χ3v) is 5.59. The van der Waals surface area contributed by atoms with Crippen molar-refractivity contribution in [3.8, 4) is 0 Å². The van der Waals surface area contributed by atoms with E-state index < -0.39 is 0 Å². The topological polar surface area (TPSA) is 44.8 Å². The number of ether oxygens (including phenoxy) is 1. The lowest BCUT2D eigenvalue weighted by molar-refractivity contribution is -0.116. The molecule has 0 spiro atoms. The van der Waals surface area contributed by atoms with Gasteiger partial charge in [0.05, 0.1) is 13.2 Å². The third-order valence-electron chi connectivity index (χ3n) is 5.59. The second-order valence-electron chi connectivity index (χ2n) is 7.67. The highest BCUT2D eigenvalue weighted by Gasteiger charge is 2.17. The Balaban J connectivity index is 1.30. The highest BCUT2D eigenvalue weighted by molar-refractivity contribution is 5.91. The minimum atomic E-state index is 0.0679. The summed E-state index contributed by atoms with van der Waals surface area (Å²) in [5, 5.41) is 3.04. The van der Waals surface area contributed by atoms with E-state index in [0.717, 1.165) is 57.9 Å². The van der Waals surface area contributed by atoms with Crippen molar-refractivity contribution in [3.63, 3.8) is 0 Å². The molecule has 28 heavy (non-hydrogen) atoms. The van der Waals surface area contributed by atoms with E-state index in [1.807, 2.05) is 12.1 Å². The SMILES string of the molecule is Cc1ccc2c(c1)CCCN2CCC(=O)Nc1ccc(N2CCOCC2)cc1. The van der Waals surface area contributed by atoms with Crippen LogP contribution in [0.5, 0.6) is 0 Å². The Kier molecular flexibility index (Phi) is 5.81. The number of rotatable bonds is 5. The summed E-state index contributed by atoms with van der Waals surface area (Å²) in [6, 6.07) is 14.8. The summed E-state index contributed by atoms with van der Waals surface area (Å²) in [5.74, 6) is 0.0679. The number of aryl methyl sites for hydroxylation is 2. The maximum atomic E-state index is 12.4. The normalized spacial score (nSPS) is 16.6. The first-order valence-electron chi connectivity index (χ1n) is 10.3. The van der Waals surface area contributed by atoms with Gasteiger partial charge in [-0.25, -0.2) is 0 Å². The monoisotopic (exact) mass is 379 g/mol. The van der Waals surface area contributed by atoms with Crippen molar-refractivity contribution in [1.29, 1.82) is 0 Å². The molecule has 2 aliphatic rings. The van der Waals surface area contributed by atoms with Crippen LogP contribution < -0.4 is 15.1 Å². The molecular weight excluding hydrogens is 350 g/mol. The van der Waals surface area contributed by atoms with Gasteiger partial charge >= 0.3 is 0 Å². The van der Waals surface area contributed by atoms with Gasteiger partial charge in [0.1, 0.15) is 0 Å². The van der Waals surface area contributed by atoms with Crippen molar-refractivity contribution in [2.75, 3.05) is 54.5 Å². The van der Waals surface area contributed by atoms with E-state index in [9.17, 15) is 4.79 Å². The average Bonchev–Trinajstić information content (AvgIpc) is 2.73. The number of anilines is 3. The summed E-state index contributed by atoms with van der Waals surface area (Å²) in [5.41, 5.74) is 6.04. The summed E-state index contributed by atoms with van der Waals surface area (Å²) in [7, 11) is 0. The van der Waals surface area contributed by atoms with Crippen LogP contribution in [0.15, 0.2) is 42.5 Å². The van der Waals surface area contributed by atoms with Crippen LogP contribution in [0, 0.1) is 6.92 Å². The van der Waals surface area contributed by atoms with Crippen LogP contribution in [0.1, 0.15) is 24.0 Å². The highest BCUT2D eigenvalue weighted by Crippen LogP contribution is 2.28. The smallest absolute Gasteiger partial charge is 0.226 e. The van der Waals surface area contributed by atoms with Crippen LogP contribution in [0.3, 0.4) is 0 Å². The summed E-state index contributed by atoms with van der Waals surface area (Å²) in [6.07, 6.45) is 2.79. The average molecular weight is 380 g/mol. The van der Waals surface area contributed by atoms with Crippen LogP contribution in [0.4, 0.5) is 17.1 Å². The fraction of sp³-hybridized carbons (Fsp3) is 0.435. The van der Waals surface area contributed by atoms with E-state index in [4.69, 9.17) is 4.74 Å². The standard InChI is InChI=1S/C23H29N3O2/c1-18-4-9-22-19(17-18)3-2-11-26(22)12-10-23(27)24-20-5-7-21(8-6-20)25-13-15-28-16-14-25/h4-9,17H,2-3,10-16H2,1H3,(H,24,27). The van der Waals surface area contributed by atoms with E-state index in [1.165, 1.54) is 22.5 Å². The number of nitrogens with one attached hydrogen (secondary N) is 1. The number of amides is 1. The number of carbonyl (C=O) groups is 1. The molecule has 4 rings (SSSR count). The molecule has 2 aromatic carbocycles. The number of benzene rings is 2. The van der Waals surface area contributed by atoms with Crippen LogP contribution in [0.25, 0.3) is 0 Å². The Bertz CT molecular complexity index is 813. The maximum Gasteiger partial charge on any atom is 0.226 e. The number of morpholine rings is 1. The van der Waals surface area contributed by atoms with Gasteiger partial charge in [-0.3, -0.25) is 4.79 Å². The van der Waals surface area contributed by atoms with Crippen molar-refractivity contribution in [1.82, 2.24) is 0 Å². The van der Waals surface area contributed by atoms with Crippen LogP contribution >= 0.6 is 0 Å². The van der Waals surface area contributed by atoms with Gasteiger partial charge in [-0.1, -0.05) is 17.7 Å². The van der Waals surface area contributed by atoms with Gasteiger partial charge in [0, 0.05) is 49.7 Å². The molecule has 1 amide bonds. The molecule has 0 bridgehead atoms. The number of fused-ring (bicyclic) bond motifs is 1. The quantitative estimate of drug-likeness (QED) is 0.862. The Hall–Kier alpha value is -2.53. The van der Waals surface area contributed by atoms with E-state index in [2.05, 4.69) is 52.4 Å². The number of hydrogen-bond donors (Lipinski definition) is 1. The largest absolute Gasteiger partial charge is 0.378 e. The maximum absolute atomic E-state index is 12.4. The number of carbonyl (C=O) groups excluding carboxylic acids is 1. The first-order valence-corrected chi connectivity index (χ1v) is 10.3. The predicted octanol–water partition coefficient (Wildman–Crippen LogP) is 3.61. The Labute approximate surface area is 167 Å². The predicted molar refractivity (Wildman–Crippen MR) is 114 cm³/mol. The fourth-order valence-electron chi connectivity index (χ4n) is 4.07. The van der Waals surface area contributed by atoms with Gasteiger partial charge in [0.15, 0.2) is 0 Å². The zero-order valence-corrected chi connectivity index (χ0v) is 16.6. The van der Waals surface area contributed by atoms with E-state index in [0.29, 0.717) is 6.42 Å². The van der Waals surface area contributed by atoms with E-state index >= 15 is 0 Å². The summed E-state index contributed by atoms with van der Waals surface area (Å²) < 4.78 is 5.40. The zero-order chi connectivity index (χ0) is 19.3. The van der Waals surface area contributed by atoms with Crippen molar-refractivity contribution in [2.45, 2.75) is 26.2 Å². The molecule has 2 heterocycles.